The third-order valence-electron chi connectivity index (χ3n) is 2.17. The van der Waals surface area contributed by atoms with Crippen molar-refractivity contribution in [2.45, 2.75) is 18.4 Å². The van der Waals surface area contributed by atoms with Crippen molar-refractivity contribution in [3.8, 4) is 0 Å². The predicted octanol–water partition coefficient (Wildman–Crippen LogP) is 1.46. The number of nitrogens with one attached hydrogen (secondary N) is 1. The third-order valence-corrected chi connectivity index (χ3v) is 3.58. The second kappa shape index (κ2) is 4.68. The summed E-state index contributed by atoms with van der Waals surface area (Å²) in [5, 5.41) is 3.68. The van der Waals surface area contributed by atoms with Gasteiger partial charge in [0.15, 0.2) is 5.76 Å². The summed E-state index contributed by atoms with van der Waals surface area (Å²) in [6.07, 6.45) is 0. The molecule has 1 heterocycles. The molecule has 0 saturated heterocycles. The van der Waals surface area contributed by atoms with Crippen LogP contribution in [0.2, 0.25) is 0 Å². The van der Waals surface area contributed by atoms with Gasteiger partial charge in [0.1, 0.15) is 0 Å². The number of aromatic nitrogens is 1. The molecule has 0 unspecified atom stereocenters. The van der Waals surface area contributed by atoms with Crippen molar-refractivity contribution in [1.29, 1.82) is 0 Å². The minimum Gasteiger partial charge on any atom is -0.360 e. The first-order valence-corrected chi connectivity index (χ1v) is 6.53. The zero-order valence-corrected chi connectivity index (χ0v) is 10.1. The van der Waals surface area contributed by atoms with Gasteiger partial charge in [-0.1, -0.05) is 23.4 Å². The first-order chi connectivity index (χ1) is 8.08. The standard InChI is InChI=1S/C11H12N2O3S/c1-9-7-10(16-13-9)8-12-17(14,15)11-5-3-2-4-6-11/h2-7,12H,8H2,1H3. The quantitative estimate of drug-likeness (QED) is 0.894. The lowest BCUT2D eigenvalue weighted by Gasteiger charge is -2.03. The summed E-state index contributed by atoms with van der Waals surface area (Å²) in [5.41, 5.74) is 0.721. The van der Waals surface area contributed by atoms with E-state index in [0.717, 1.165) is 5.69 Å². The fourth-order valence-electron chi connectivity index (χ4n) is 1.35. The highest BCUT2D eigenvalue weighted by atomic mass is 32.2. The number of hydrogen-bond acceptors (Lipinski definition) is 4. The molecule has 0 atom stereocenters. The topological polar surface area (TPSA) is 72.2 Å². The molecule has 6 heteroatoms. The van der Waals surface area contributed by atoms with Crippen molar-refractivity contribution in [3.05, 3.63) is 47.9 Å². The van der Waals surface area contributed by atoms with Gasteiger partial charge >= 0.3 is 0 Å². The first kappa shape index (κ1) is 11.8. The third kappa shape index (κ3) is 2.92. The zero-order valence-electron chi connectivity index (χ0n) is 9.25. The molecule has 90 valence electrons. The van der Waals surface area contributed by atoms with Gasteiger partial charge in [-0.2, -0.15) is 0 Å². The van der Waals surface area contributed by atoms with Crippen LogP contribution in [0.25, 0.3) is 0 Å². The summed E-state index contributed by atoms with van der Waals surface area (Å²) in [4.78, 5) is 0.233. The monoisotopic (exact) mass is 252 g/mol. The maximum Gasteiger partial charge on any atom is 0.240 e. The van der Waals surface area contributed by atoms with E-state index < -0.39 is 10.0 Å². The maximum atomic E-state index is 11.8. The Morgan fingerprint density at radius 3 is 2.59 bits per heavy atom. The molecule has 2 aromatic rings. The molecule has 0 amide bonds. The Hall–Kier alpha value is -1.66. The fraction of sp³-hybridized carbons (Fsp3) is 0.182. The maximum absolute atomic E-state index is 11.8. The molecule has 0 aliphatic rings. The van der Waals surface area contributed by atoms with Gasteiger partial charge < -0.3 is 4.52 Å². The van der Waals surface area contributed by atoms with Crippen molar-refractivity contribution < 1.29 is 12.9 Å². The summed E-state index contributed by atoms with van der Waals surface area (Å²) >= 11 is 0. The highest BCUT2D eigenvalue weighted by molar-refractivity contribution is 7.89. The molecule has 1 N–H and O–H groups in total. The lowest BCUT2D eigenvalue weighted by molar-refractivity contribution is 0.377. The highest BCUT2D eigenvalue weighted by Crippen LogP contribution is 2.09. The minimum absolute atomic E-state index is 0.0953. The first-order valence-electron chi connectivity index (χ1n) is 5.05. The Bertz CT molecular complexity index is 590. The van der Waals surface area contributed by atoms with Gasteiger partial charge in [-0.25, -0.2) is 13.1 Å². The van der Waals surface area contributed by atoms with Crippen LogP contribution < -0.4 is 4.72 Å². The van der Waals surface area contributed by atoms with Crippen molar-refractivity contribution in [3.63, 3.8) is 0 Å². The van der Waals surface area contributed by atoms with Gasteiger partial charge in [-0.05, 0) is 19.1 Å². The van der Waals surface area contributed by atoms with Gasteiger partial charge in [0.05, 0.1) is 17.1 Å². The van der Waals surface area contributed by atoms with Crippen molar-refractivity contribution in [2.24, 2.45) is 0 Å². The molecule has 17 heavy (non-hydrogen) atoms. The van der Waals surface area contributed by atoms with E-state index in [2.05, 4.69) is 9.88 Å². The Morgan fingerprint density at radius 1 is 1.29 bits per heavy atom. The Kier molecular flexibility index (Phi) is 3.26. The van der Waals surface area contributed by atoms with Gasteiger partial charge in [0, 0.05) is 6.07 Å². The van der Waals surface area contributed by atoms with E-state index in [1.54, 1.807) is 31.2 Å². The predicted molar refractivity (Wildman–Crippen MR) is 61.7 cm³/mol. The molecule has 0 spiro atoms. The number of hydrogen-bond donors (Lipinski definition) is 1. The summed E-state index contributed by atoms with van der Waals surface area (Å²) in [6, 6.07) is 9.87. The molecular formula is C11H12N2O3S. The molecule has 0 aliphatic carbocycles. The van der Waals surface area contributed by atoms with Crippen molar-refractivity contribution >= 4 is 10.0 Å². The largest absolute Gasteiger partial charge is 0.360 e. The van der Waals surface area contributed by atoms with Crippen LogP contribution in [-0.2, 0) is 16.6 Å². The Labute approximate surface area is 99.5 Å². The average Bonchev–Trinajstić information content (AvgIpc) is 2.74. The van der Waals surface area contributed by atoms with E-state index in [4.69, 9.17) is 4.52 Å². The molecule has 0 saturated carbocycles. The summed E-state index contributed by atoms with van der Waals surface area (Å²) in [5.74, 6) is 0.488. The van der Waals surface area contributed by atoms with E-state index in [1.165, 1.54) is 12.1 Å². The lowest BCUT2D eigenvalue weighted by atomic mass is 10.4. The Balaban J connectivity index is 2.09. The van der Waals surface area contributed by atoms with Crippen LogP contribution in [-0.4, -0.2) is 13.6 Å². The minimum atomic E-state index is -3.49. The van der Waals surface area contributed by atoms with Crippen LogP contribution in [0.4, 0.5) is 0 Å². The van der Waals surface area contributed by atoms with E-state index in [0.29, 0.717) is 5.76 Å². The van der Waals surface area contributed by atoms with Crippen LogP contribution in [0, 0.1) is 6.92 Å². The molecule has 0 radical (unpaired) electrons. The van der Waals surface area contributed by atoms with Crippen molar-refractivity contribution in [2.75, 3.05) is 0 Å². The number of nitrogens with zero attached hydrogens (tertiary/aromatic N) is 1. The van der Waals surface area contributed by atoms with Gasteiger partial charge in [-0.3, -0.25) is 0 Å². The smallest absolute Gasteiger partial charge is 0.240 e. The molecule has 2 rings (SSSR count). The molecular weight excluding hydrogens is 240 g/mol. The number of benzene rings is 1. The van der Waals surface area contributed by atoms with Crippen LogP contribution >= 0.6 is 0 Å². The normalized spacial score (nSPS) is 11.6. The molecule has 0 fully saturated rings. The summed E-state index contributed by atoms with van der Waals surface area (Å²) in [7, 11) is -3.49. The highest BCUT2D eigenvalue weighted by Gasteiger charge is 2.13. The second-order valence-electron chi connectivity index (χ2n) is 3.57. The average molecular weight is 252 g/mol. The molecule has 0 bridgehead atoms. The van der Waals surface area contributed by atoms with Gasteiger partial charge in [-0.15, -0.1) is 0 Å². The van der Waals surface area contributed by atoms with E-state index in [-0.39, 0.29) is 11.4 Å². The summed E-state index contributed by atoms with van der Waals surface area (Å²) in [6.45, 7) is 1.87. The second-order valence-corrected chi connectivity index (χ2v) is 5.34. The number of rotatable bonds is 4. The molecule has 1 aromatic heterocycles. The number of sulfonamides is 1. The summed E-state index contributed by atoms with van der Waals surface area (Å²) < 4.78 is 31.0. The fourth-order valence-corrected chi connectivity index (χ4v) is 2.36. The number of aryl methyl sites for hydroxylation is 1. The van der Waals surface area contributed by atoms with Gasteiger partial charge in [0.25, 0.3) is 0 Å². The SMILES string of the molecule is Cc1cc(CNS(=O)(=O)c2ccccc2)on1. The molecule has 0 aliphatic heterocycles. The molecule has 1 aromatic carbocycles. The van der Waals surface area contributed by atoms with E-state index in [9.17, 15) is 8.42 Å². The van der Waals surface area contributed by atoms with Crippen LogP contribution in [0.5, 0.6) is 0 Å². The molecule has 5 nitrogen and oxygen atoms in total. The zero-order chi connectivity index (χ0) is 12.3. The van der Waals surface area contributed by atoms with Crippen LogP contribution in [0.3, 0.4) is 0 Å². The van der Waals surface area contributed by atoms with Crippen LogP contribution in [0.1, 0.15) is 11.5 Å². The lowest BCUT2D eigenvalue weighted by Crippen LogP contribution is -2.22. The van der Waals surface area contributed by atoms with Crippen LogP contribution in [0.15, 0.2) is 45.8 Å². The van der Waals surface area contributed by atoms with E-state index in [1.807, 2.05) is 0 Å². The Morgan fingerprint density at radius 2 is 2.00 bits per heavy atom. The van der Waals surface area contributed by atoms with Crippen molar-refractivity contribution in [1.82, 2.24) is 9.88 Å². The van der Waals surface area contributed by atoms with E-state index >= 15 is 0 Å². The van der Waals surface area contributed by atoms with Gasteiger partial charge in [0.2, 0.25) is 10.0 Å².